The van der Waals surface area contributed by atoms with Crippen LogP contribution >= 0.6 is 0 Å². The van der Waals surface area contributed by atoms with Crippen molar-refractivity contribution < 1.29 is 4.79 Å². The number of hydrogen-bond acceptors (Lipinski definition) is 1. The second-order valence-corrected chi connectivity index (χ2v) is 5.01. The zero-order chi connectivity index (χ0) is 10.6. The molecule has 0 spiro atoms. The van der Waals surface area contributed by atoms with Crippen molar-refractivity contribution in [2.45, 2.75) is 58.9 Å². The summed E-state index contributed by atoms with van der Waals surface area (Å²) in [5.74, 6) is 1.41. The van der Waals surface area contributed by atoms with Gasteiger partial charge >= 0.3 is 0 Å². The van der Waals surface area contributed by atoms with Crippen molar-refractivity contribution in [2.24, 2.45) is 11.8 Å². The van der Waals surface area contributed by atoms with Crippen molar-refractivity contribution in [1.82, 2.24) is 5.32 Å². The van der Waals surface area contributed by atoms with Gasteiger partial charge in [-0.1, -0.05) is 26.7 Å². The first kappa shape index (κ1) is 11.5. The van der Waals surface area contributed by atoms with Crippen LogP contribution in [0.5, 0.6) is 0 Å². The Balaban J connectivity index is 2.03. The predicted molar refractivity (Wildman–Crippen MR) is 59.0 cm³/mol. The molecule has 0 aromatic heterocycles. The van der Waals surface area contributed by atoms with Crippen LogP contribution in [0.15, 0.2) is 0 Å². The van der Waals surface area contributed by atoms with Crippen molar-refractivity contribution in [3.8, 4) is 0 Å². The summed E-state index contributed by atoms with van der Waals surface area (Å²) in [6.07, 6.45) is 5.82. The maximum Gasteiger partial charge on any atom is 0.223 e. The van der Waals surface area contributed by atoms with Gasteiger partial charge in [0.25, 0.3) is 0 Å². The summed E-state index contributed by atoms with van der Waals surface area (Å²) in [6, 6.07) is 0.363. The minimum absolute atomic E-state index is 0.280. The van der Waals surface area contributed by atoms with Crippen molar-refractivity contribution in [2.75, 3.05) is 0 Å². The molecule has 1 N–H and O–H groups in total. The van der Waals surface area contributed by atoms with E-state index in [-0.39, 0.29) is 5.91 Å². The third-order valence-corrected chi connectivity index (χ3v) is 2.76. The van der Waals surface area contributed by atoms with Gasteiger partial charge in [-0.3, -0.25) is 4.79 Å². The Morgan fingerprint density at radius 3 is 2.43 bits per heavy atom. The molecule has 1 aliphatic rings. The number of carbonyl (C=O) groups is 1. The Morgan fingerprint density at radius 2 is 1.93 bits per heavy atom. The summed E-state index contributed by atoms with van der Waals surface area (Å²) in [5.41, 5.74) is 0. The largest absolute Gasteiger partial charge is 0.353 e. The van der Waals surface area contributed by atoms with E-state index in [1.165, 1.54) is 12.8 Å². The third-order valence-electron chi connectivity index (χ3n) is 2.76. The van der Waals surface area contributed by atoms with E-state index >= 15 is 0 Å². The highest BCUT2D eigenvalue weighted by Crippen LogP contribution is 2.29. The second-order valence-electron chi connectivity index (χ2n) is 5.01. The lowest BCUT2D eigenvalue weighted by Crippen LogP contribution is -2.33. The zero-order valence-electron chi connectivity index (χ0n) is 9.68. The van der Waals surface area contributed by atoms with Crippen LogP contribution < -0.4 is 5.32 Å². The smallest absolute Gasteiger partial charge is 0.223 e. The minimum Gasteiger partial charge on any atom is -0.353 e. The quantitative estimate of drug-likeness (QED) is 0.697. The first-order valence-electron chi connectivity index (χ1n) is 5.90. The first-order chi connectivity index (χ1) is 6.59. The molecule has 1 atom stereocenters. The monoisotopic (exact) mass is 197 g/mol. The van der Waals surface area contributed by atoms with Crippen molar-refractivity contribution >= 4 is 5.91 Å². The van der Waals surface area contributed by atoms with Gasteiger partial charge in [-0.15, -0.1) is 0 Å². The molecule has 0 heterocycles. The molecule has 1 amide bonds. The van der Waals surface area contributed by atoms with Crippen molar-refractivity contribution in [3.63, 3.8) is 0 Å². The Hall–Kier alpha value is -0.530. The van der Waals surface area contributed by atoms with Crippen LogP contribution in [-0.4, -0.2) is 11.9 Å². The van der Waals surface area contributed by atoms with E-state index in [0.29, 0.717) is 12.0 Å². The molecule has 82 valence electrons. The molecule has 0 aromatic carbocycles. The summed E-state index contributed by atoms with van der Waals surface area (Å²) >= 11 is 0. The second kappa shape index (κ2) is 5.38. The lowest BCUT2D eigenvalue weighted by Gasteiger charge is -2.14. The summed E-state index contributed by atoms with van der Waals surface area (Å²) in [4.78, 5) is 11.4. The molecule has 1 saturated carbocycles. The normalized spacial score (nSPS) is 18.3. The number of hydrogen-bond donors (Lipinski definition) is 1. The summed E-state index contributed by atoms with van der Waals surface area (Å²) in [6.45, 7) is 6.60. The van der Waals surface area contributed by atoms with Gasteiger partial charge in [0, 0.05) is 12.0 Å². The predicted octanol–water partition coefficient (Wildman–Crippen LogP) is 2.73. The Bertz CT molecular complexity index is 185. The molecule has 2 nitrogen and oxygen atoms in total. The van der Waals surface area contributed by atoms with Gasteiger partial charge < -0.3 is 5.32 Å². The van der Waals surface area contributed by atoms with E-state index in [4.69, 9.17) is 0 Å². The lowest BCUT2D eigenvalue weighted by atomic mass is 10.0. The molecule has 1 unspecified atom stereocenters. The topological polar surface area (TPSA) is 29.1 Å². The van der Waals surface area contributed by atoms with Gasteiger partial charge in [-0.05, 0) is 32.1 Å². The van der Waals surface area contributed by atoms with Gasteiger partial charge in [-0.2, -0.15) is 0 Å². The number of nitrogens with one attached hydrogen (secondary N) is 1. The van der Waals surface area contributed by atoms with Gasteiger partial charge in [-0.25, -0.2) is 0 Å². The van der Waals surface area contributed by atoms with E-state index in [9.17, 15) is 4.79 Å². The molecule has 14 heavy (non-hydrogen) atoms. The Morgan fingerprint density at radius 1 is 1.29 bits per heavy atom. The average Bonchev–Trinajstić information content (AvgIpc) is 2.84. The Kier molecular flexibility index (Phi) is 4.43. The Labute approximate surface area is 87.5 Å². The number of amides is 1. The maximum atomic E-state index is 11.4. The summed E-state index contributed by atoms with van der Waals surface area (Å²) in [5, 5.41) is 3.08. The third kappa shape index (κ3) is 4.64. The lowest BCUT2D eigenvalue weighted by molar-refractivity contribution is -0.122. The van der Waals surface area contributed by atoms with Gasteiger partial charge in [0.05, 0.1) is 0 Å². The van der Waals surface area contributed by atoms with Crippen LogP contribution in [0.1, 0.15) is 52.9 Å². The van der Waals surface area contributed by atoms with Gasteiger partial charge in [0.2, 0.25) is 5.91 Å². The molecule has 2 heteroatoms. The summed E-state index contributed by atoms with van der Waals surface area (Å²) < 4.78 is 0. The van der Waals surface area contributed by atoms with Crippen LogP contribution in [0.4, 0.5) is 0 Å². The molecule has 0 bridgehead atoms. The molecule has 1 aliphatic carbocycles. The maximum absolute atomic E-state index is 11.4. The van der Waals surface area contributed by atoms with Crippen molar-refractivity contribution in [3.05, 3.63) is 0 Å². The molecule has 0 radical (unpaired) electrons. The van der Waals surface area contributed by atoms with E-state index in [1.54, 1.807) is 0 Å². The number of carbonyl (C=O) groups excluding carboxylic acids is 1. The van der Waals surface area contributed by atoms with E-state index < -0.39 is 0 Å². The standard InChI is InChI=1S/C12H23NO/c1-9(2)5-4-6-10(3)13-12(14)11-7-8-11/h9-11H,4-8H2,1-3H3,(H,13,14). The molecular weight excluding hydrogens is 174 g/mol. The van der Waals surface area contributed by atoms with Crippen LogP contribution in [0.2, 0.25) is 0 Å². The van der Waals surface area contributed by atoms with Crippen LogP contribution in [0, 0.1) is 11.8 Å². The SMILES string of the molecule is CC(C)CCCC(C)NC(=O)C1CC1. The van der Waals surface area contributed by atoms with Crippen LogP contribution in [0.3, 0.4) is 0 Å². The van der Waals surface area contributed by atoms with E-state index in [2.05, 4.69) is 26.1 Å². The molecule has 0 aromatic rings. The highest BCUT2D eigenvalue weighted by atomic mass is 16.2. The van der Waals surface area contributed by atoms with E-state index in [0.717, 1.165) is 25.2 Å². The van der Waals surface area contributed by atoms with Gasteiger partial charge in [0.15, 0.2) is 0 Å². The minimum atomic E-state index is 0.280. The first-order valence-corrected chi connectivity index (χ1v) is 5.90. The van der Waals surface area contributed by atoms with Crippen LogP contribution in [0.25, 0.3) is 0 Å². The summed E-state index contributed by atoms with van der Waals surface area (Å²) in [7, 11) is 0. The van der Waals surface area contributed by atoms with Gasteiger partial charge in [0.1, 0.15) is 0 Å². The highest BCUT2D eigenvalue weighted by molar-refractivity contribution is 5.81. The highest BCUT2D eigenvalue weighted by Gasteiger charge is 2.29. The molecule has 1 fully saturated rings. The molecule has 1 rings (SSSR count). The van der Waals surface area contributed by atoms with Crippen LogP contribution in [-0.2, 0) is 4.79 Å². The fourth-order valence-corrected chi connectivity index (χ4v) is 1.61. The average molecular weight is 197 g/mol. The van der Waals surface area contributed by atoms with E-state index in [1.807, 2.05) is 0 Å². The molecule has 0 saturated heterocycles. The van der Waals surface area contributed by atoms with Crippen molar-refractivity contribution in [1.29, 1.82) is 0 Å². The fraction of sp³-hybridized carbons (Fsp3) is 0.917. The fourth-order valence-electron chi connectivity index (χ4n) is 1.61. The zero-order valence-corrected chi connectivity index (χ0v) is 9.68. The molecule has 0 aliphatic heterocycles. The number of rotatable bonds is 6. The molecular formula is C12H23NO.